The van der Waals surface area contributed by atoms with Crippen LogP contribution in [0.15, 0.2) is 18.2 Å². The summed E-state index contributed by atoms with van der Waals surface area (Å²) in [5, 5.41) is 17.5. The van der Waals surface area contributed by atoms with Crippen LogP contribution in [0.1, 0.15) is 46.4 Å². The van der Waals surface area contributed by atoms with Crippen LogP contribution in [-0.4, -0.2) is 93.3 Å². The molecule has 0 bridgehead atoms. The Labute approximate surface area is 184 Å². The van der Waals surface area contributed by atoms with Crippen molar-refractivity contribution in [3.05, 3.63) is 29.3 Å². The zero-order valence-electron chi connectivity index (χ0n) is 17.7. The van der Waals surface area contributed by atoms with Crippen molar-refractivity contribution in [3.63, 3.8) is 0 Å². The molecule has 172 valence electrons. The molecule has 4 N–H and O–H groups in total. The Bertz CT molecular complexity index is 963. The number of β-amino-alcohol motifs (C(OH)–C–C–N with tert-alkyl or cyclic N) is 1. The molecule has 0 radical (unpaired) electrons. The third-order valence-electron chi connectivity index (χ3n) is 5.87. The van der Waals surface area contributed by atoms with Crippen molar-refractivity contribution in [2.24, 2.45) is 0 Å². The number of carbonyl (C=O) groups is 5. The smallest absolute Gasteiger partial charge is 0.320 e. The number of benzene rings is 1. The Balaban J connectivity index is 0.000000269. The van der Waals surface area contributed by atoms with Gasteiger partial charge >= 0.3 is 5.97 Å². The maximum absolute atomic E-state index is 12.5. The highest BCUT2D eigenvalue weighted by Gasteiger charge is 2.46. The predicted molar refractivity (Wildman–Crippen MR) is 111 cm³/mol. The molecular formula is C21H26N4O7. The monoisotopic (exact) mass is 446 g/mol. The fourth-order valence-corrected chi connectivity index (χ4v) is 4.18. The fraction of sp³-hybridized carbons (Fsp3) is 0.476. The summed E-state index contributed by atoms with van der Waals surface area (Å²) in [5.74, 6) is -2.90. The van der Waals surface area contributed by atoms with Crippen LogP contribution in [0, 0.1) is 0 Å². The lowest BCUT2D eigenvalue weighted by molar-refractivity contribution is -0.152. The largest absolute Gasteiger partial charge is 0.480 e. The van der Waals surface area contributed by atoms with E-state index in [0.29, 0.717) is 5.69 Å². The Hall–Kier alpha value is -3.31. The van der Waals surface area contributed by atoms with Gasteiger partial charge in [-0.05, 0) is 51.1 Å². The topological polar surface area (TPSA) is 162 Å². The number of nitrogens with two attached hydrogens (primary N) is 1. The van der Waals surface area contributed by atoms with Gasteiger partial charge in [-0.3, -0.25) is 38.7 Å². The van der Waals surface area contributed by atoms with Gasteiger partial charge in [-0.2, -0.15) is 0 Å². The van der Waals surface area contributed by atoms with E-state index in [9.17, 15) is 24.0 Å². The molecule has 3 aliphatic heterocycles. The molecule has 1 aromatic carbocycles. The van der Waals surface area contributed by atoms with E-state index in [1.165, 1.54) is 18.2 Å². The van der Waals surface area contributed by atoms with Crippen LogP contribution in [0.25, 0.3) is 0 Å². The molecule has 0 spiro atoms. The first-order chi connectivity index (χ1) is 15.2. The Kier molecular flexibility index (Phi) is 6.90. The highest BCUT2D eigenvalue weighted by Crippen LogP contribution is 2.30. The quantitative estimate of drug-likeness (QED) is 0.410. The third kappa shape index (κ3) is 4.34. The number of carboxylic acids is 1. The molecule has 11 nitrogen and oxygen atoms in total. The maximum atomic E-state index is 12.5. The number of nitrogens with zero attached hydrogens (tertiary/aromatic N) is 3. The number of imide groups is 2. The lowest BCUT2D eigenvalue weighted by Crippen LogP contribution is -2.56. The highest BCUT2D eigenvalue weighted by atomic mass is 16.4. The number of fused-ring (bicyclic) bond motifs is 1. The standard InChI is InChI=1S/C15H15N3O5.C6H11NO2/c16-8-1-2-9-10(7-8)14(22)18(13(9)21)11-3-4-12(20)17(5-6-19)15(11)23;1-7-4-2-3-5(7)6(8)9/h1-2,7,11,19H,3-6,16H2;5H,2-4H2,1H3,(H,8,9)/t;5-/m.0/s1. The maximum Gasteiger partial charge on any atom is 0.320 e. The number of amides is 4. The van der Waals surface area contributed by atoms with Gasteiger partial charge in [0, 0.05) is 12.1 Å². The normalized spacial score (nSPS) is 23.3. The van der Waals surface area contributed by atoms with Gasteiger partial charge in [-0.15, -0.1) is 0 Å². The molecule has 32 heavy (non-hydrogen) atoms. The molecule has 1 aromatic rings. The molecule has 2 saturated heterocycles. The molecule has 0 saturated carbocycles. The van der Waals surface area contributed by atoms with Crippen molar-refractivity contribution in [2.75, 3.05) is 32.5 Å². The molecule has 11 heteroatoms. The molecule has 2 atom stereocenters. The van der Waals surface area contributed by atoms with Crippen molar-refractivity contribution >= 4 is 35.3 Å². The summed E-state index contributed by atoms with van der Waals surface area (Å²) in [6, 6.07) is 3.12. The van der Waals surface area contributed by atoms with Gasteiger partial charge in [0.2, 0.25) is 5.91 Å². The molecular weight excluding hydrogens is 420 g/mol. The van der Waals surface area contributed by atoms with Gasteiger partial charge in [-0.1, -0.05) is 0 Å². The van der Waals surface area contributed by atoms with E-state index in [1.54, 1.807) is 0 Å². The summed E-state index contributed by atoms with van der Waals surface area (Å²) in [4.78, 5) is 63.2. The first-order valence-electron chi connectivity index (χ1n) is 10.3. The van der Waals surface area contributed by atoms with Crippen molar-refractivity contribution in [1.82, 2.24) is 14.7 Å². The Morgan fingerprint density at radius 3 is 2.38 bits per heavy atom. The predicted octanol–water partition coefficient (Wildman–Crippen LogP) is -0.460. The molecule has 4 rings (SSSR count). The molecule has 0 aliphatic carbocycles. The van der Waals surface area contributed by atoms with E-state index in [1.807, 2.05) is 11.9 Å². The molecule has 4 amide bonds. The minimum Gasteiger partial charge on any atom is -0.480 e. The Morgan fingerprint density at radius 2 is 1.81 bits per heavy atom. The number of hydrogen-bond acceptors (Lipinski definition) is 8. The SMILES string of the molecule is CN1CCC[C@H]1C(=O)O.Nc1ccc2c(c1)C(=O)N(C1CCC(=O)N(CCO)C1=O)C2=O. The molecule has 2 fully saturated rings. The van der Waals surface area contributed by atoms with Gasteiger partial charge in [0.1, 0.15) is 12.1 Å². The zero-order valence-corrected chi connectivity index (χ0v) is 17.7. The summed E-state index contributed by atoms with van der Waals surface area (Å²) in [6.07, 6.45) is 1.95. The summed E-state index contributed by atoms with van der Waals surface area (Å²) >= 11 is 0. The van der Waals surface area contributed by atoms with Crippen molar-refractivity contribution < 1.29 is 34.2 Å². The number of carboxylic acid groups (broad SMARTS) is 1. The molecule has 3 aliphatic rings. The van der Waals surface area contributed by atoms with Crippen LogP contribution in [0.3, 0.4) is 0 Å². The molecule has 1 unspecified atom stereocenters. The van der Waals surface area contributed by atoms with Crippen molar-refractivity contribution in [2.45, 2.75) is 37.8 Å². The zero-order chi connectivity index (χ0) is 23.6. The molecule has 0 aromatic heterocycles. The summed E-state index contributed by atoms with van der Waals surface area (Å²) in [5.41, 5.74) is 6.34. The van der Waals surface area contributed by atoms with Crippen LogP contribution in [0.4, 0.5) is 5.69 Å². The lowest BCUT2D eigenvalue weighted by atomic mass is 10.0. The number of nitrogen functional groups attached to an aromatic ring is 1. The number of aliphatic carboxylic acids is 1. The number of aliphatic hydroxyl groups excluding tert-OH is 1. The van der Waals surface area contributed by atoms with Crippen molar-refractivity contribution in [1.29, 1.82) is 0 Å². The number of hydrogen-bond donors (Lipinski definition) is 3. The van der Waals surface area contributed by atoms with Crippen LogP contribution >= 0.6 is 0 Å². The Morgan fingerprint density at radius 1 is 1.12 bits per heavy atom. The van der Waals surface area contributed by atoms with Gasteiger partial charge in [0.05, 0.1) is 24.3 Å². The van der Waals surface area contributed by atoms with Crippen LogP contribution < -0.4 is 5.73 Å². The van der Waals surface area contributed by atoms with Crippen LogP contribution in [-0.2, 0) is 14.4 Å². The van der Waals surface area contributed by atoms with Gasteiger partial charge in [0.25, 0.3) is 17.7 Å². The van der Waals surface area contributed by atoms with Gasteiger partial charge in [0.15, 0.2) is 0 Å². The van der Waals surface area contributed by atoms with E-state index in [2.05, 4.69) is 0 Å². The second kappa shape index (κ2) is 9.45. The minimum atomic E-state index is -1.03. The summed E-state index contributed by atoms with van der Waals surface area (Å²) in [7, 11) is 1.85. The average Bonchev–Trinajstić information content (AvgIpc) is 3.28. The second-order valence-electron chi connectivity index (χ2n) is 7.92. The number of anilines is 1. The van der Waals surface area contributed by atoms with Gasteiger partial charge in [-0.25, -0.2) is 0 Å². The first-order valence-corrected chi connectivity index (χ1v) is 10.3. The van der Waals surface area contributed by atoms with E-state index < -0.39 is 35.6 Å². The van der Waals surface area contributed by atoms with Gasteiger partial charge < -0.3 is 15.9 Å². The van der Waals surface area contributed by atoms with E-state index in [-0.39, 0.29) is 43.2 Å². The third-order valence-corrected chi connectivity index (χ3v) is 5.87. The summed E-state index contributed by atoms with van der Waals surface area (Å²) < 4.78 is 0. The number of piperidine rings is 1. The summed E-state index contributed by atoms with van der Waals surface area (Å²) in [6.45, 7) is 0.407. The van der Waals surface area contributed by atoms with E-state index in [4.69, 9.17) is 15.9 Å². The minimum absolute atomic E-state index is 0.0337. The fourth-order valence-electron chi connectivity index (χ4n) is 4.18. The van der Waals surface area contributed by atoms with Crippen LogP contribution in [0.2, 0.25) is 0 Å². The van der Waals surface area contributed by atoms with E-state index >= 15 is 0 Å². The average molecular weight is 446 g/mol. The molecule has 3 heterocycles. The number of likely N-dealkylation sites (tertiary alicyclic amines) is 2. The van der Waals surface area contributed by atoms with E-state index in [0.717, 1.165) is 29.2 Å². The first kappa shape index (κ1) is 23.4. The number of aliphatic hydroxyl groups is 1. The second-order valence-corrected chi connectivity index (χ2v) is 7.92. The number of likely N-dealkylation sites (N-methyl/N-ethyl adjacent to an activating group) is 1. The lowest BCUT2D eigenvalue weighted by Gasteiger charge is -2.34. The number of rotatable bonds is 4. The number of carbonyl (C=O) groups excluding carboxylic acids is 4. The highest BCUT2D eigenvalue weighted by molar-refractivity contribution is 6.23. The van der Waals surface area contributed by atoms with Crippen LogP contribution in [0.5, 0.6) is 0 Å². The van der Waals surface area contributed by atoms with Crippen molar-refractivity contribution in [3.8, 4) is 0 Å².